The number of anilines is 2. The lowest BCUT2D eigenvalue weighted by atomic mass is 10.2. The van der Waals surface area contributed by atoms with Gasteiger partial charge in [-0.15, -0.1) is 0 Å². The van der Waals surface area contributed by atoms with Crippen LogP contribution in [0.2, 0.25) is 0 Å². The van der Waals surface area contributed by atoms with Gasteiger partial charge in [-0.25, -0.2) is 4.98 Å². The number of hydrogen-bond donors (Lipinski definition) is 2. The first-order chi connectivity index (χ1) is 12.6. The number of hydrogen-bond acceptors (Lipinski definition) is 9. The molecule has 0 saturated carbocycles. The molecule has 1 aromatic carbocycles. The second-order valence-electron chi connectivity index (χ2n) is 6.00. The number of β-amino-alcohol motifs (C(OH)–C–C–N with tert-alkyl or cyclic N) is 1. The Morgan fingerprint density at radius 3 is 2.31 bits per heavy atom. The Morgan fingerprint density at radius 1 is 1.04 bits per heavy atom. The van der Waals surface area contributed by atoms with E-state index in [0.717, 1.165) is 26.2 Å². The lowest BCUT2D eigenvalue weighted by molar-refractivity contribution is 0.188. The van der Waals surface area contributed by atoms with E-state index in [1.54, 1.807) is 27.4 Å². The Hall–Kier alpha value is -2.52. The number of piperazine rings is 1. The van der Waals surface area contributed by atoms with Crippen LogP contribution in [0.15, 0.2) is 6.07 Å². The van der Waals surface area contributed by atoms with Crippen LogP contribution in [0, 0.1) is 0 Å². The number of ether oxygens (including phenoxy) is 3. The van der Waals surface area contributed by atoms with Gasteiger partial charge in [-0.1, -0.05) is 0 Å². The Kier molecular flexibility index (Phi) is 5.48. The van der Waals surface area contributed by atoms with Crippen LogP contribution in [-0.4, -0.2) is 80.6 Å². The predicted molar refractivity (Wildman–Crippen MR) is 99.3 cm³/mol. The second kappa shape index (κ2) is 7.79. The SMILES string of the molecule is COc1cc2c(N)nc(N3CCN(CCO)CC3)nc2c(OC)c1OC. The smallest absolute Gasteiger partial charge is 0.228 e. The van der Waals surface area contributed by atoms with E-state index in [-0.39, 0.29) is 6.61 Å². The van der Waals surface area contributed by atoms with Crippen LogP contribution in [0.1, 0.15) is 0 Å². The fourth-order valence-corrected chi connectivity index (χ4v) is 3.19. The minimum Gasteiger partial charge on any atom is -0.493 e. The molecule has 1 aliphatic heterocycles. The third-order valence-electron chi connectivity index (χ3n) is 4.58. The van der Waals surface area contributed by atoms with E-state index in [0.29, 0.717) is 46.5 Å². The molecule has 0 aliphatic carbocycles. The summed E-state index contributed by atoms with van der Waals surface area (Å²) in [5.74, 6) is 2.37. The zero-order valence-electron chi connectivity index (χ0n) is 15.4. The predicted octanol–water partition coefficient (Wildman–Crippen LogP) is 0.352. The minimum atomic E-state index is 0.165. The summed E-state index contributed by atoms with van der Waals surface area (Å²) in [6.07, 6.45) is 0. The van der Waals surface area contributed by atoms with Crippen molar-refractivity contribution < 1.29 is 19.3 Å². The molecule has 1 aromatic heterocycles. The summed E-state index contributed by atoms with van der Waals surface area (Å²) in [6, 6.07) is 1.76. The van der Waals surface area contributed by atoms with Crippen molar-refractivity contribution in [2.24, 2.45) is 0 Å². The summed E-state index contributed by atoms with van der Waals surface area (Å²) in [6.45, 7) is 4.05. The molecular weight excluding hydrogens is 338 g/mol. The molecule has 0 radical (unpaired) electrons. The summed E-state index contributed by atoms with van der Waals surface area (Å²) in [7, 11) is 4.67. The molecule has 0 amide bonds. The van der Waals surface area contributed by atoms with Crippen LogP contribution in [0.4, 0.5) is 11.8 Å². The molecule has 1 aliphatic rings. The van der Waals surface area contributed by atoms with Gasteiger partial charge in [0.1, 0.15) is 11.3 Å². The van der Waals surface area contributed by atoms with Crippen LogP contribution < -0.4 is 24.8 Å². The van der Waals surface area contributed by atoms with Gasteiger partial charge >= 0.3 is 0 Å². The molecule has 1 saturated heterocycles. The maximum atomic E-state index is 9.07. The maximum Gasteiger partial charge on any atom is 0.228 e. The van der Waals surface area contributed by atoms with Gasteiger partial charge in [0.15, 0.2) is 11.5 Å². The van der Waals surface area contributed by atoms with Crippen molar-refractivity contribution in [1.29, 1.82) is 0 Å². The van der Waals surface area contributed by atoms with Crippen LogP contribution in [0.3, 0.4) is 0 Å². The third kappa shape index (κ3) is 3.27. The molecular formula is C17H25N5O4. The number of nitrogens with two attached hydrogens (primary N) is 1. The van der Waals surface area contributed by atoms with Gasteiger partial charge in [0.2, 0.25) is 11.7 Å². The second-order valence-corrected chi connectivity index (χ2v) is 6.00. The summed E-state index contributed by atoms with van der Waals surface area (Å²) < 4.78 is 16.3. The van der Waals surface area contributed by atoms with E-state index >= 15 is 0 Å². The minimum absolute atomic E-state index is 0.165. The van der Waals surface area contributed by atoms with Crippen LogP contribution in [0.25, 0.3) is 10.9 Å². The Bertz CT molecular complexity index is 778. The number of nitrogen functional groups attached to an aromatic ring is 1. The first-order valence-corrected chi connectivity index (χ1v) is 8.47. The van der Waals surface area contributed by atoms with Crippen LogP contribution in [0.5, 0.6) is 17.2 Å². The number of aromatic nitrogens is 2. The molecule has 26 heavy (non-hydrogen) atoms. The van der Waals surface area contributed by atoms with Crippen LogP contribution >= 0.6 is 0 Å². The third-order valence-corrected chi connectivity index (χ3v) is 4.58. The summed E-state index contributed by atoms with van der Waals surface area (Å²) in [4.78, 5) is 13.5. The molecule has 142 valence electrons. The number of nitrogens with zero attached hydrogens (tertiary/aromatic N) is 4. The van der Waals surface area contributed by atoms with Crippen molar-refractivity contribution in [3.63, 3.8) is 0 Å². The topological polar surface area (TPSA) is 106 Å². The zero-order chi connectivity index (χ0) is 18.7. The quantitative estimate of drug-likeness (QED) is 0.752. The molecule has 3 rings (SSSR count). The summed E-state index contributed by atoms with van der Waals surface area (Å²) in [5.41, 5.74) is 6.79. The van der Waals surface area contributed by atoms with Gasteiger partial charge in [-0.3, -0.25) is 4.90 Å². The maximum absolute atomic E-state index is 9.07. The normalized spacial score (nSPS) is 15.3. The standard InChI is InChI=1S/C17H25N5O4/c1-24-12-10-11-13(15(26-3)14(12)25-2)19-17(20-16(11)18)22-6-4-21(5-7-22)8-9-23/h10,23H,4-9H2,1-3H3,(H2,18,19,20). The van der Waals surface area contributed by atoms with E-state index < -0.39 is 0 Å². The Morgan fingerprint density at radius 2 is 1.73 bits per heavy atom. The molecule has 0 atom stereocenters. The van der Waals surface area contributed by atoms with E-state index in [9.17, 15) is 0 Å². The molecule has 9 nitrogen and oxygen atoms in total. The van der Waals surface area contributed by atoms with E-state index in [1.807, 2.05) is 0 Å². The highest BCUT2D eigenvalue weighted by Crippen LogP contribution is 2.44. The monoisotopic (exact) mass is 363 g/mol. The number of aliphatic hydroxyl groups is 1. The van der Waals surface area contributed by atoms with E-state index in [1.165, 1.54) is 0 Å². The molecule has 1 fully saturated rings. The van der Waals surface area contributed by atoms with Gasteiger partial charge in [0.05, 0.1) is 33.3 Å². The molecule has 0 spiro atoms. The largest absolute Gasteiger partial charge is 0.493 e. The lowest BCUT2D eigenvalue weighted by Crippen LogP contribution is -2.47. The number of fused-ring (bicyclic) bond motifs is 1. The van der Waals surface area contributed by atoms with Crippen molar-refractivity contribution in [3.8, 4) is 17.2 Å². The molecule has 2 heterocycles. The first kappa shape index (κ1) is 18.3. The lowest BCUT2D eigenvalue weighted by Gasteiger charge is -2.34. The average Bonchev–Trinajstić information content (AvgIpc) is 2.67. The van der Waals surface area contributed by atoms with Crippen molar-refractivity contribution in [2.45, 2.75) is 0 Å². The highest BCUT2D eigenvalue weighted by atomic mass is 16.5. The fraction of sp³-hybridized carbons (Fsp3) is 0.529. The highest BCUT2D eigenvalue weighted by Gasteiger charge is 2.23. The van der Waals surface area contributed by atoms with Crippen LogP contribution in [-0.2, 0) is 0 Å². The number of methoxy groups -OCH3 is 3. The van der Waals surface area contributed by atoms with Gasteiger partial charge in [0.25, 0.3) is 0 Å². The van der Waals surface area contributed by atoms with Crippen molar-refractivity contribution in [1.82, 2.24) is 14.9 Å². The van der Waals surface area contributed by atoms with E-state index in [2.05, 4.69) is 14.8 Å². The van der Waals surface area contributed by atoms with Crippen molar-refractivity contribution >= 4 is 22.7 Å². The van der Waals surface area contributed by atoms with Crippen molar-refractivity contribution in [3.05, 3.63) is 6.07 Å². The molecule has 0 unspecified atom stereocenters. The Labute approximate surface area is 152 Å². The first-order valence-electron chi connectivity index (χ1n) is 8.47. The number of aliphatic hydroxyl groups excluding tert-OH is 1. The molecule has 0 bridgehead atoms. The summed E-state index contributed by atoms with van der Waals surface area (Å²) in [5, 5.41) is 9.73. The molecule has 2 aromatic rings. The van der Waals surface area contributed by atoms with Gasteiger partial charge in [-0.05, 0) is 6.07 Å². The Balaban J connectivity index is 2.02. The number of benzene rings is 1. The fourth-order valence-electron chi connectivity index (χ4n) is 3.19. The summed E-state index contributed by atoms with van der Waals surface area (Å²) >= 11 is 0. The van der Waals surface area contributed by atoms with Gasteiger partial charge < -0.3 is 30.0 Å². The molecule has 3 N–H and O–H groups in total. The van der Waals surface area contributed by atoms with E-state index in [4.69, 9.17) is 30.0 Å². The van der Waals surface area contributed by atoms with Gasteiger partial charge in [-0.2, -0.15) is 4.98 Å². The molecule has 9 heteroatoms. The zero-order valence-corrected chi connectivity index (χ0v) is 15.4. The highest BCUT2D eigenvalue weighted by molar-refractivity contribution is 5.97. The van der Waals surface area contributed by atoms with Crippen molar-refractivity contribution in [2.75, 3.05) is 71.3 Å². The number of rotatable bonds is 6. The van der Waals surface area contributed by atoms with Gasteiger partial charge in [0, 0.05) is 32.7 Å². The average molecular weight is 363 g/mol.